The van der Waals surface area contributed by atoms with Gasteiger partial charge in [-0.3, -0.25) is 9.59 Å². The first-order valence-corrected chi connectivity index (χ1v) is 7.80. The van der Waals surface area contributed by atoms with Crippen LogP contribution < -0.4 is 10.6 Å². The number of amides is 2. The first-order valence-electron chi connectivity index (χ1n) is 7.80. The predicted octanol–water partition coefficient (Wildman–Crippen LogP) is 4.32. The van der Waals surface area contributed by atoms with Gasteiger partial charge in [0.2, 0.25) is 5.91 Å². The number of furan rings is 1. The standard InChI is InChI=1S/C20H15FN2O3/c21-15-5-2-7-17(13-15)23-20(25)14-4-1-6-16(12-14)22-19(24)10-9-18-8-3-11-26-18/h1-13H,(H,22,24)(H,23,25)/b10-9+. The first-order chi connectivity index (χ1) is 12.6. The number of halogens is 1. The molecule has 0 saturated carbocycles. The number of carbonyl (C=O) groups excluding carboxylic acids is 2. The largest absolute Gasteiger partial charge is 0.465 e. The molecule has 2 aromatic carbocycles. The van der Waals surface area contributed by atoms with E-state index in [4.69, 9.17) is 4.42 Å². The van der Waals surface area contributed by atoms with Gasteiger partial charge in [0.05, 0.1) is 6.26 Å². The Balaban J connectivity index is 1.65. The molecule has 3 aromatic rings. The van der Waals surface area contributed by atoms with E-state index in [1.54, 1.807) is 36.4 Å². The zero-order valence-electron chi connectivity index (χ0n) is 13.6. The molecule has 0 unspecified atom stereocenters. The summed E-state index contributed by atoms with van der Waals surface area (Å²) in [6.07, 6.45) is 4.38. The average molecular weight is 350 g/mol. The Morgan fingerprint density at radius 2 is 1.69 bits per heavy atom. The van der Waals surface area contributed by atoms with Gasteiger partial charge in [-0.15, -0.1) is 0 Å². The van der Waals surface area contributed by atoms with Gasteiger partial charge in [0.1, 0.15) is 11.6 Å². The molecule has 0 saturated heterocycles. The molecule has 2 N–H and O–H groups in total. The van der Waals surface area contributed by atoms with Crippen LogP contribution in [-0.4, -0.2) is 11.8 Å². The zero-order chi connectivity index (χ0) is 18.4. The summed E-state index contributed by atoms with van der Waals surface area (Å²) in [4.78, 5) is 24.2. The van der Waals surface area contributed by atoms with Crippen LogP contribution in [0, 0.1) is 5.82 Å². The fourth-order valence-electron chi connectivity index (χ4n) is 2.24. The molecule has 5 nitrogen and oxygen atoms in total. The lowest BCUT2D eigenvalue weighted by Crippen LogP contribution is -2.13. The summed E-state index contributed by atoms with van der Waals surface area (Å²) in [6.45, 7) is 0. The number of benzene rings is 2. The predicted molar refractivity (Wildman–Crippen MR) is 97.2 cm³/mol. The minimum absolute atomic E-state index is 0.335. The molecule has 2 amide bonds. The van der Waals surface area contributed by atoms with Gasteiger partial charge in [0, 0.05) is 23.0 Å². The third-order valence-corrected chi connectivity index (χ3v) is 3.42. The highest BCUT2D eigenvalue weighted by atomic mass is 19.1. The van der Waals surface area contributed by atoms with Crippen LogP contribution in [0.1, 0.15) is 16.1 Å². The van der Waals surface area contributed by atoms with Crippen LogP contribution in [0.25, 0.3) is 6.08 Å². The van der Waals surface area contributed by atoms with Crippen molar-refractivity contribution in [2.24, 2.45) is 0 Å². The van der Waals surface area contributed by atoms with E-state index in [1.165, 1.54) is 42.7 Å². The lowest BCUT2D eigenvalue weighted by atomic mass is 10.1. The smallest absolute Gasteiger partial charge is 0.255 e. The van der Waals surface area contributed by atoms with Gasteiger partial charge in [-0.1, -0.05) is 12.1 Å². The quantitative estimate of drug-likeness (QED) is 0.673. The van der Waals surface area contributed by atoms with Crippen molar-refractivity contribution in [3.8, 4) is 0 Å². The van der Waals surface area contributed by atoms with Gasteiger partial charge < -0.3 is 15.1 Å². The summed E-state index contributed by atoms with van der Waals surface area (Å²) in [6, 6.07) is 15.5. The molecule has 0 aliphatic rings. The lowest BCUT2D eigenvalue weighted by Gasteiger charge is -2.07. The van der Waals surface area contributed by atoms with Crippen LogP contribution in [0.5, 0.6) is 0 Å². The maximum atomic E-state index is 13.2. The highest BCUT2D eigenvalue weighted by Crippen LogP contribution is 2.15. The third kappa shape index (κ3) is 4.67. The molecule has 130 valence electrons. The summed E-state index contributed by atoms with van der Waals surface area (Å²) in [7, 11) is 0. The van der Waals surface area contributed by atoms with Crippen molar-refractivity contribution in [3.05, 3.63) is 90.1 Å². The molecule has 0 aliphatic heterocycles. The Morgan fingerprint density at radius 1 is 0.923 bits per heavy atom. The molecule has 6 heteroatoms. The van der Waals surface area contributed by atoms with Crippen molar-refractivity contribution in [1.29, 1.82) is 0 Å². The molecule has 1 heterocycles. The van der Waals surface area contributed by atoms with Crippen LogP contribution in [0.4, 0.5) is 15.8 Å². The molecule has 0 atom stereocenters. The number of nitrogens with one attached hydrogen (secondary N) is 2. The van der Waals surface area contributed by atoms with Crippen molar-refractivity contribution in [2.45, 2.75) is 0 Å². The molecular formula is C20H15FN2O3. The highest BCUT2D eigenvalue weighted by molar-refractivity contribution is 6.06. The number of rotatable bonds is 5. The van der Waals surface area contributed by atoms with E-state index in [0.29, 0.717) is 22.7 Å². The fourth-order valence-corrected chi connectivity index (χ4v) is 2.24. The maximum absolute atomic E-state index is 13.2. The second-order valence-electron chi connectivity index (χ2n) is 5.38. The number of carbonyl (C=O) groups is 2. The first kappa shape index (κ1) is 17.2. The van der Waals surface area contributed by atoms with E-state index < -0.39 is 11.7 Å². The molecule has 1 aromatic heterocycles. The Kier molecular flexibility index (Phi) is 5.24. The van der Waals surface area contributed by atoms with Crippen LogP contribution in [0.15, 0.2) is 77.4 Å². The molecular weight excluding hydrogens is 335 g/mol. The van der Waals surface area contributed by atoms with E-state index >= 15 is 0 Å². The topological polar surface area (TPSA) is 71.3 Å². The van der Waals surface area contributed by atoms with E-state index in [0.717, 1.165) is 0 Å². The minimum atomic E-state index is -0.438. The van der Waals surface area contributed by atoms with Crippen LogP contribution in [-0.2, 0) is 4.79 Å². The van der Waals surface area contributed by atoms with E-state index in [1.807, 2.05) is 0 Å². The lowest BCUT2D eigenvalue weighted by molar-refractivity contribution is -0.111. The summed E-state index contributed by atoms with van der Waals surface area (Å²) in [5, 5.41) is 5.27. The van der Waals surface area contributed by atoms with Gasteiger partial charge in [-0.2, -0.15) is 0 Å². The zero-order valence-corrected chi connectivity index (χ0v) is 13.6. The minimum Gasteiger partial charge on any atom is -0.465 e. The van der Waals surface area contributed by atoms with E-state index in [-0.39, 0.29) is 5.91 Å². The maximum Gasteiger partial charge on any atom is 0.255 e. The monoisotopic (exact) mass is 350 g/mol. The molecule has 0 aliphatic carbocycles. The highest BCUT2D eigenvalue weighted by Gasteiger charge is 2.08. The SMILES string of the molecule is O=C(/C=C/c1ccco1)Nc1cccc(C(=O)Nc2cccc(F)c2)c1. The van der Waals surface area contributed by atoms with Crippen LogP contribution in [0.3, 0.4) is 0 Å². The Bertz CT molecular complexity index is 949. The van der Waals surface area contributed by atoms with Gasteiger partial charge in [-0.05, 0) is 54.6 Å². The number of anilines is 2. The Morgan fingerprint density at radius 3 is 2.42 bits per heavy atom. The van der Waals surface area contributed by atoms with E-state index in [9.17, 15) is 14.0 Å². The van der Waals surface area contributed by atoms with Crippen LogP contribution in [0.2, 0.25) is 0 Å². The van der Waals surface area contributed by atoms with Crippen LogP contribution >= 0.6 is 0 Å². The third-order valence-electron chi connectivity index (χ3n) is 3.42. The van der Waals surface area contributed by atoms with E-state index in [2.05, 4.69) is 10.6 Å². The van der Waals surface area contributed by atoms with Gasteiger partial charge in [0.15, 0.2) is 0 Å². The van der Waals surface area contributed by atoms with Gasteiger partial charge in [0.25, 0.3) is 5.91 Å². The second kappa shape index (κ2) is 7.94. The fraction of sp³-hybridized carbons (Fsp3) is 0. The number of hydrogen-bond donors (Lipinski definition) is 2. The molecule has 0 radical (unpaired) electrons. The van der Waals surface area contributed by atoms with Gasteiger partial charge >= 0.3 is 0 Å². The molecule has 0 fully saturated rings. The normalized spacial score (nSPS) is 10.7. The molecule has 3 rings (SSSR count). The Labute approximate surface area is 149 Å². The summed E-state index contributed by atoms with van der Waals surface area (Å²) in [5.74, 6) is -0.641. The second-order valence-corrected chi connectivity index (χ2v) is 5.38. The Hall–Kier alpha value is -3.67. The van der Waals surface area contributed by atoms with Crippen molar-refractivity contribution in [3.63, 3.8) is 0 Å². The molecule has 26 heavy (non-hydrogen) atoms. The van der Waals surface area contributed by atoms with Crippen molar-refractivity contribution in [2.75, 3.05) is 10.6 Å². The van der Waals surface area contributed by atoms with Gasteiger partial charge in [-0.25, -0.2) is 4.39 Å². The molecule has 0 spiro atoms. The summed E-state index contributed by atoms with van der Waals surface area (Å²) in [5.41, 5.74) is 1.15. The number of hydrogen-bond acceptors (Lipinski definition) is 3. The van der Waals surface area contributed by atoms with Crippen molar-refractivity contribution >= 4 is 29.3 Å². The summed E-state index contributed by atoms with van der Waals surface area (Å²) >= 11 is 0. The summed E-state index contributed by atoms with van der Waals surface area (Å²) < 4.78 is 18.3. The molecule has 0 bridgehead atoms. The average Bonchev–Trinajstić information content (AvgIpc) is 3.14. The van der Waals surface area contributed by atoms with Crippen molar-refractivity contribution < 1.29 is 18.4 Å². The van der Waals surface area contributed by atoms with Crippen molar-refractivity contribution in [1.82, 2.24) is 0 Å².